The van der Waals surface area contributed by atoms with Gasteiger partial charge >= 0.3 is 0 Å². The summed E-state index contributed by atoms with van der Waals surface area (Å²) in [4.78, 5) is 0. The molecule has 0 aromatic heterocycles. The molecule has 1 N–H and O–H groups in total. The Morgan fingerprint density at radius 2 is 2.00 bits per heavy atom. The molecule has 2 nitrogen and oxygen atoms in total. The number of aryl methyl sites for hydroxylation is 2. The normalized spacial score (nSPS) is 12.5. The predicted molar refractivity (Wildman–Crippen MR) is 69.2 cm³/mol. The second-order valence-electron chi connectivity index (χ2n) is 4.36. The van der Waals surface area contributed by atoms with Gasteiger partial charge in [-0.05, 0) is 50.5 Å². The largest absolute Gasteiger partial charge is 0.492 e. The van der Waals surface area contributed by atoms with Gasteiger partial charge in [-0.3, -0.25) is 0 Å². The van der Waals surface area contributed by atoms with Gasteiger partial charge in [-0.15, -0.1) is 0 Å². The minimum Gasteiger partial charge on any atom is -0.492 e. The third-order valence-electron chi connectivity index (χ3n) is 2.95. The predicted octanol–water partition coefficient (Wildman–Crippen LogP) is 3.07. The van der Waals surface area contributed by atoms with Crippen LogP contribution in [0.5, 0.6) is 5.75 Å². The highest BCUT2D eigenvalue weighted by molar-refractivity contribution is 5.33. The van der Waals surface area contributed by atoms with Crippen molar-refractivity contribution < 1.29 is 4.74 Å². The fourth-order valence-electron chi connectivity index (χ4n) is 1.42. The molecular formula is C14H23NO. The van der Waals surface area contributed by atoms with E-state index in [0.29, 0.717) is 6.04 Å². The van der Waals surface area contributed by atoms with Crippen LogP contribution < -0.4 is 10.1 Å². The summed E-state index contributed by atoms with van der Waals surface area (Å²) in [5.41, 5.74) is 2.59. The lowest BCUT2D eigenvalue weighted by atomic mass is 10.1. The number of benzene rings is 1. The quantitative estimate of drug-likeness (QED) is 0.745. The van der Waals surface area contributed by atoms with Crippen LogP contribution in [0.4, 0.5) is 0 Å². The molecule has 0 spiro atoms. The van der Waals surface area contributed by atoms with Crippen LogP contribution in [-0.2, 0) is 0 Å². The van der Waals surface area contributed by atoms with Crippen LogP contribution in [0.3, 0.4) is 0 Å². The van der Waals surface area contributed by atoms with E-state index >= 15 is 0 Å². The molecule has 90 valence electrons. The van der Waals surface area contributed by atoms with Gasteiger partial charge in [-0.25, -0.2) is 0 Å². The molecule has 0 saturated heterocycles. The lowest BCUT2D eigenvalue weighted by Gasteiger charge is -2.12. The Bertz CT molecular complexity index is 323. The average molecular weight is 221 g/mol. The molecule has 0 radical (unpaired) electrons. The summed E-state index contributed by atoms with van der Waals surface area (Å²) >= 11 is 0. The molecule has 16 heavy (non-hydrogen) atoms. The van der Waals surface area contributed by atoms with Gasteiger partial charge in [0.05, 0.1) is 0 Å². The van der Waals surface area contributed by atoms with E-state index in [9.17, 15) is 0 Å². The Hall–Kier alpha value is -1.02. The van der Waals surface area contributed by atoms with Gasteiger partial charge in [0, 0.05) is 12.6 Å². The monoisotopic (exact) mass is 221 g/mol. The molecular weight excluding hydrogens is 198 g/mol. The second-order valence-corrected chi connectivity index (χ2v) is 4.36. The first-order chi connectivity index (χ1) is 7.63. The van der Waals surface area contributed by atoms with Crippen molar-refractivity contribution in [3.8, 4) is 5.75 Å². The summed E-state index contributed by atoms with van der Waals surface area (Å²) in [5, 5.41) is 3.40. The lowest BCUT2D eigenvalue weighted by Crippen LogP contribution is -2.29. The maximum absolute atomic E-state index is 5.67. The summed E-state index contributed by atoms with van der Waals surface area (Å²) in [6.45, 7) is 10.2. The topological polar surface area (TPSA) is 21.3 Å². The molecule has 1 aromatic rings. The third kappa shape index (κ3) is 4.23. The Labute approximate surface area is 99.0 Å². The number of rotatable bonds is 6. The molecule has 1 aromatic carbocycles. The first kappa shape index (κ1) is 13.0. The zero-order valence-electron chi connectivity index (χ0n) is 10.8. The van der Waals surface area contributed by atoms with E-state index < -0.39 is 0 Å². The van der Waals surface area contributed by atoms with Crippen molar-refractivity contribution in [2.75, 3.05) is 13.2 Å². The molecule has 0 heterocycles. The molecule has 0 fully saturated rings. The Morgan fingerprint density at radius 3 is 2.62 bits per heavy atom. The van der Waals surface area contributed by atoms with Crippen molar-refractivity contribution in [3.63, 3.8) is 0 Å². The highest BCUT2D eigenvalue weighted by atomic mass is 16.5. The van der Waals surface area contributed by atoms with Gasteiger partial charge in [0.1, 0.15) is 12.4 Å². The third-order valence-corrected chi connectivity index (χ3v) is 2.95. The van der Waals surface area contributed by atoms with Gasteiger partial charge in [-0.1, -0.05) is 13.0 Å². The summed E-state index contributed by atoms with van der Waals surface area (Å²) in [7, 11) is 0. The summed E-state index contributed by atoms with van der Waals surface area (Å²) in [5.74, 6) is 0.967. The molecule has 0 aliphatic heterocycles. The van der Waals surface area contributed by atoms with Crippen LogP contribution in [0.2, 0.25) is 0 Å². The standard InChI is InChI=1S/C14H23NO/c1-5-13(4)15-8-9-16-14-7-6-11(2)12(3)10-14/h6-7,10,13,15H,5,8-9H2,1-4H3. The van der Waals surface area contributed by atoms with Crippen LogP contribution >= 0.6 is 0 Å². The van der Waals surface area contributed by atoms with E-state index in [2.05, 4.69) is 45.1 Å². The number of hydrogen-bond donors (Lipinski definition) is 1. The van der Waals surface area contributed by atoms with E-state index in [-0.39, 0.29) is 0 Å². The van der Waals surface area contributed by atoms with Gasteiger partial charge < -0.3 is 10.1 Å². The van der Waals surface area contributed by atoms with Crippen LogP contribution in [0, 0.1) is 13.8 Å². The highest BCUT2D eigenvalue weighted by Crippen LogP contribution is 2.15. The highest BCUT2D eigenvalue weighted by Gasteiger charge is 1.98. The zero-order valence-corrected chi connectivity index (χ0v) is 10.8. The van der Waals surface area contributed by atoms with Gasteiger partial charge in [0.15, 0.2) is 0 Å². The number of ether oxygens (including phenoxy) is 1. The minimum absolute atomic E-state index is 0.573. The Kier molecular flexibility index (Phi) is 5.33. The first-order valence-corrected chi connectivity index (χ1v) is 6.07. The fraction of sp³-hybridized carbons (Fsp3) is 0.571. The molecule has 0 saturated carbocycles. The summed E-state index contributed by atoms with van der Waals surface area (Å²) < 4.78 is 5.67. The molecule has 1 rings (SSSR count). The first-order valence-electron chi connectivity index (χ1n) is 6.07. The van der Waals surface area contributed by atoms with E-state index in [1.807, 2.05) is 6.07 Å². The molecule has 0 aliphatic rings. The molecule has 0 aliphatic carbocycles. The zero-order chi connectivity index (χ0) is 12.0. The Balaban J connectivity index is 2.29. The second kappa shape index (κ2) is 6.54. The van der Waals surface area contributed by atoms with E-state index in [1.54, 1.807) is 0 Å². The molecule has 0 bridgehead atoms. The fourth-order valence-corrected chi connectivity index (χ4v) is 1.42. The SMILES string of the molecule is CCC(C)NCCOc1ccc(C)c(C)c1. The number of nitrogens with one attached hydrogen (secondary N) is 1. The van der Waals surface area contributed by atoms with Crippen molar-refractivity contribution >= 4 is 0 Å². The van der Waals surface area contributed by atoms with Crippen LogP contribution in [0.25, 0.3) is 0 Å². The van der Waals surface area contributed by atoms with Gasteiger partial charge in [-0.2, -0.15) is 0 Å². The van der Waals surface area contributed by atoms with Gasteiger partial charge in [0.25, 0.3) is 0 Å². The van der Waals surface area contributed by atoms with E-state index in [1.165, 1.54) is 11.1 Å². The average Bonchev–Trinajstić information content (AvgIpc) is 2.28. The maximum atomic E-state index is 5.67. The molecule has 1 atom stereocenters. The summed E-state index contributed by atoms with van der Waals surface area (Å²) in [6, 6.07) is 6.81. The van der Waals surface area contributed by atoms with Gasteiger partial charge in [0.2, 0.25) is 0 Å². The lowest BCUT2D eigenvalue weighted by molar-refractivity contribution is 0.306. The Morgan fingerprint density at radius 1 is 1.25 bits per heavy atom. The molecule has 0 amide bonds. The minimum atomic E-state index is 0.573. The van der Waals surface area contributed by atoms with Crippen molar-refractivity contribution in [2.45, 2.75) is 40.2 Å². The van der Waals surface area contributed by atoms with Crippen LogP contribution in [-0.4, -0.2) is 19.2 Å². The van der Waals surface area contributed by atoms with Crippen molar-refractivity contribution in [1.82, 2.24) is 5.32 Å². The van der Waals surface area contributed by atoms with Crippen LogP contribution in [0.15, 0.2) is 18.2 Å². The maximum Gasteiger partial charge on any atom is 0.119 e. The van der Waals surface area contributed by atoms with Crippen molar-refractivity contribution in [1.29, 1.82) is 0 Å². The molecule has 1 unspecified atom stereocenters. The van der Waals surface area contributed by atoms with Crippen LogP contribution in [0.1, 0.15) is 31.4 Å². The summed E-state index contributed by atoms with van der Waals surface area (Å²) in [6.07, 6.45) is 1.16. The van der Waals surface area contributed by atoms with E-state index in [0.717, 1.165) is 25.3 Å². The van der Waals surface area contributed by atoms with E-state index in [4.69, 9.17) is 4.74 Å². The molecule has 2 heteroatoms. The van der Waals surface area contributed by atoms with Crippen molar-refractivity contribution in [3.05, 3.63) is 29.3 Å². The smallest absolute Gasteiger partial charge is 0.119 e. The van der Waals surface area contributed by atoms with Crippen molar-refractivity contribution in [2.24, 2.45) is 0 Å². The number of hydrogen-bond acceptors (Lipinski definition) is 2.